The van der Waals surface area contributed by atoms with Crippen molar-refractivity contribution < 1.29 is 47.2 Å². The van der Waals surface area contributed by atoms with Gasteiger partial charge in [-0.05, 0) is 64.8 Å². The minimum atomic E-state index is -3.67. The Kier molecular flexibility index (Phi) is 34.6. The molecule has 17 heteroatoms. The minimum Gasteiger partial charge on any atom is -0.504 e. The van der Waals surface area contributed by atoms with Gasteiger partial charge in [0.25, 0.3) is 0 Å². The molecular formula is C31H54BClF4N4O6S. The van der Waals surface area contributed by atoms with Crippen LogP contribution in [-0.2, 0) is 4.74 Å². The maximum absolute atomic E-state index is 12.5. The number of aryl methyl sites for hydroxylation is 1. The lowest BCUT2D eigenvalue weighted by atomic mass is 10.2. The SMILES string of the molecule is C.CN(CCCO)CCCO.Cl.F.FB(F)F.[C-]#[N+]c1cc(-c2nc(C)c(C(=O)OCCCN(C)CCCO)s2)ccc1OCC(C)C. The smallest absolute Gasteiger partial charge is 0.504 e. The minimum absolute atomic E-state index is 0. The van der Waals surface area contributed by atoms with Gasteiger partial charge in [-0.15, -0.1) is 23.7 Å². The molecule has 0 aliphatic heterocycles. The first-order valence-corrected chi connectivity index (χ1v) is 15.6. The number of nitrogens with zero attached hydrogens (tertiary/aromatic N) is 4. The number of esters is 1. The van der Waals surface area contributed by atoms with E-state index in [-0.39, 0.29) is 50.3 Å². The van der Waals surface area contributed by atoms with E-state index in [4.69, 9.17) is 31.4 Å². The highest BCUT2D eigenvalue weighted by Gasteiger charge is 2.18. The molecule has 0 spiro atoms. The van der Waals surface area contributed by atoms with Crippen LogP contribution in [0.15, 0.2) is 18.2 Å². The summed E-state index contributed by atoms with van der Waals surface area (Å²) in [5, 5.41) is 26.5. The van der Waals surface area contributed by atoms with Crippen molar-refractivity contribution >= 4 is 42.9 Å². The number of rotatable bonds is 18. The van der Waals surface area contributed by atoms with E-state index in [9.17, 15) is 17.7 Å². The summed E-state index contributed by atoms with van der Waals surface area (Å²) in [6.45, 7) is 18.3. The molecule has 1 aromatic heterocycles. The lowest BCUT2D eigenvalue weighted by Gasteiger charge is -2.15. The Hall–Kier alpha value is -2.52. The summed E-state index contributed by atoms with van der Waals surface area (Å²) in [7, 11) is 0.305. The summed E-state index contributed by atoms with van der Waals surface area (Å²) in [4.78, 5) is 25.3. The predicted octanol–water partition coefficient (Wildman–Crippen LogP) is 6.34. The topological polar surface area (TPSA) is 120 Å². The first kappa shape index (κ1) is 52.3. The van der Waals surface area contributed by atoms with Crippen molar-refractivity contribution in [3.63, 3.8) is 0 Å². The molecule has 3 N–H and O–H groups in total. The van der Waals surface area contributed by atoms with Gasteiger partial charge < -0.3 is 34.6 Å². The first-order valence-electron chi connectivity index (χ1n) is 14.8. The number of benzene rings is 1. The molecule has 48 heavy (non-hydrogen) atoms. The summed E-state index contributed by atoms with van der Waals surface area (Å²) in [5.74, 6) is 0.556. The highest BCUT2D eigenvalue weighted by atomic mass is 35.5. The number of carbonyl (C=O) groups excluding carboxylic acids is 1. The van der Waals surface area contributed by atoms with Crippen molar-refractivity contribution in [2.24, 2.45) is 5.92 Å². The van der Waals surface area contributed by atoms with Gasteiger partial charge in [0.15, 0.2) is 0 Å². The van der Waals surface area contributed by atoms with Crippen LogP contribution < -0.4 is 4.74 Å². The molecule has 0 atom stereocenters. The third-order valence-electron chi connectivity index (χ3n) is 5.89. The average Bonchev–Trinajstić information content (AvgIpc) is 3.40. The van der Waals surface area contributed by atoms with E-state index in [0.717, 1.165) is 57.4 Å². The number of aliphatic hydroxyl groups excluding tert-OH is 3. The van der Waals surface area contributed by atoms with Gasteiger partial charge in [0.1, 0.15) is 15.6 Å². The molecule has 2 aromatic rings. The lowest BCUT2D eigenvalue weighted by Crippen LogP contribution is -2.23. The molecule has 0 amide bonds. The second kappa shape index (κ2) is 31.7. The predicted molar refractivity (Wildman–Crippen MR) is 189 cm³/mol. The fraction of sp³-hybridized carbons (Fsp3) is 0.645. The highest BCUT2D eigenvalue weighted by Crippen LogP contribution is 2.36. The number of aliphatic hydroxyl groups is 3. The molecule has 1 heterocycles. The summed E-state index contributed by atoms with van der Waals surface area (Å²) in [6.07, 6.45) is 3.10. The molecule has 0 fully saturated rings. The van der Waals surface area contributed by atoms with Crippen LogP contribution in [-0.4, -0.2) is 117 Å². The fourth-order valence-corrected chi connectivity index (χ4v) is 4.59. The second-order valence-corrected chi connectivity index (χ2v) is 11.5. The van der Waals surface area contributed by atoms with Gasteiger partial charge in [-0.3, -0.25) is 17.7 Å². The van der Waals surface area contributed by atoms with Gasteiger partial charge in [0, 0.05) is 51.6 Å². The molecular weight excluding hydrogens is 679 g/mol. The van der Waals surface area contributed by atoms with Crippen LogP contribution in [0, 0.1) is 19.4 Å². The van der Waals surface area contributed by atoms with Crippen molar-refractivity contribution in [3.8, 4) is 16.3 Å². The first-order chi connectivity index (χ1) is 21.4. The number of hydrogen-bond acceptors (Lipinski definition) is 10. The molecule has 0 unspecified atom stereocenters. The Labute approximate surface area is 294 Å². The Bertz CT molecular complexity index is 1120. The van der Waals surface area contributed by atoms with E-state index < -0.39 is 7.54 Å². The summed E-state index contributed by atoms with van der Waals surface area (Å²) in [5.41, 5.74) is 1.83. The summed E-state index contributed by atoms with van der Waals surface area (Å²) in [6, 6.07) is 5.39. The molecule has 0 bridgehead atoms. The van der Waals surface area contributed by atoms with Gasteiger partial charge >= 0.3 is 13.5 Å². The van der Waals surface area contributed by atoms with E-state index in [2.05, 4.69) is 33.5 Å². The van der Waals surface area contributed by atoms with E-state index in [1.807, 2.05) is 20.2 Å². The molecule has 0 saturated heterocycles. The molecule has 0 aliphatic rings. The van der Waals surface area contributed by atoms with Crippen LogP contribution in [0.3, 0.4) is 0 Å². The maximum Gasteiger partial charge on any atom is 0.762 e. The van der Waals surface area contributed by atoms with Crippen LogP contribution >= 0.6 is 23.7 Å². The average molecular weight is 733 g/mol. The molecule has 278 valence electrons. The quantitative estimate of drug-likeness (QED) is 0.0531. The van der Waals surface area contributed by atoms with E-state index in [0.29, 0.717) is 46.1 Å². The molecule has 0 radical (unpaired) electrons. The maximum atomic E-state index is 12.5. The number of carbonyl (C=O) groups is 1. The van der Waals surface area contributed by atoms with Gasteiger partial charge in [-0.2, -0.15) is 0 Å². The Morgan fingerprint density at radius 3 is 1.92 bits per heavy atom. The zero-order valence-electron chi connectivity index (χ0n) is 27.8. The van der Waals surface area contributed by atoms with Crippen molar-refractivity contribution in [3.05, 3.63) is 40.2 Å². The van der Waals surface area contributed by atoms with Gasteiger partial charge in [0.2, 0.25) is 5.69 Å². The van der Waals surface area contributed by atoms with Gasteiger partial charge in [-0.25, -0.2) is 14.6 Å². The fourth-order valence-electron chi connectivity index (χ4n) is 3.64. The second-order valence-electron chi connectivity index (χ2n) is 10.5. The molecule has 2 rings (SSSR count). The number of ether oxygens (including phenoxy) is 2. The zero-order chi connectivity index (χ0) is 34.2. The summed E-state index contributed by atoms with van der Waals surface area (Å²) < 4.78 is 40.1. The number of hydrogen-bond donors (Lipinski definition) is 3. The van der Waals surface area contributed by atoms with Crippen molar-refractivity contribution in [2.75, 3.05) is 73.3 Å². The number of halogens is 5. The van der Waals surface area contributed by atoms with E-state index >= 15 is 0 Å². The molecule has 1 aromatic carbocycles. The number of thiazole rings is 1. The van der Waals surface area contributed by atoms with Crippen LogP contribution in [0.2, 0.25) is 0 Å². The van der Waals surface area contributed by atoms with Crippen LogP contribution in [0.4, 0.5) is 23.3 Å². The number of aromatic nitrogens is 1. The zero-order valence-corrected chi connectivity index (χ0v) is 29.4. The molecule has 10 nitrogen and oxygen atoms in total. The van der Waals surface area contributed by atoms with E-state index in [1.165, 1.54) is 11.3 Å². The standard InChI is InChI=1S/C23H31N3O4S.C7H17NO2.CH4.BF3.ClH.FH/c1-16(2)15-30-20-9-8-18(14-19(20)24-4)22-25-17(3)21(31-22)23(28)29-13-7-11-26(5)10-6-12-27;1-8(4-2-6-9)5-3-7-10;;2-1(3)4;;/h8-9,14,16,27H,6-7,10-13,15H2,1-3,5H3;9-10H,2-7H2,1H3;1H4;;2*1H. The van der Waals surface area contributed by atoms with E-state index in [1.54, 1.807) is 19.1 Å². The highest BCUT2D eigenvalue weighted by molar-refractivity contribution is 7.17. The van der Waals surface area contributed by atoms with Crippen molar-refractivity contribution in [1.29, 1.82) is 0 Å². The Balaban J connectivity index is -0.000000481. The monoisotopic (exact) mass is 732 g/mol. The molecule has 0 saturated carbocycles. The van der Waals surface area contributed by atoms with Crippen LogP contribution in [0.25, 0.3) is 15.4 Å². The van der Waals surface area contributed by atoms with Crippen molar-refractivity contribution in [1.82, 2.24) is 14.8 Å². The van der Waals surface area contributed by atoms with Crippen LogP contribution in [0.5, 0.6) is 5.75 Å². The Morgan fingerprint density at radius 2 is 1.48 bits per heavy atom. The van der Waals surface area contributed by atoms with Crippen molar-refractivity contribution in [2.45, 2.75) is 53.9 Å². The lowest BCUT2D eigenvalue weighted by molar-refractivity contribution is 0.0495. The van der Waals surface area contributed by atoms with Gasteiger partial charge in [0.05, 0.1) is 25.5 Å². The normalized spacial score (nSPS) is 9.94. The largest absolute Gasteiger partial charge is 0.762 e. The summed E-state index contributed by atoms with van der Waals surface area (Å²) >= 11 is 1.27. The van der Waals surface area contributed by atoms with Gasteiger partial charge in [-0.1, -0.05) is 27.3 Å². The third kappa shape index (κ3) is 24.6. The van der Waals surface area contributed by atoms with Crippen LogP contribution in [0.1, 0.15) is 62.3 Å². The third-order valence-corrected chi connectivity index (χ3v) is 7.08. The Morgan fingerprint density at radius 1 is 1.00 bits per heavy atom. The molecule has 0 aliphatic carbocycles.